The van der Waals surface area contributed by atoms with Gasteiger partial charge in [0.15, 0.2) is 4.77 Å². The van der Waals surface area contributed by atoms with E-state index in [2.05, 4.69) is 28.6 Å². The summed E-state index contributed by atoms with van der Waals surface area (Å²) in [4.78, 5) is 0. The Morgan fingerprint density at radius 2 is 2.29 bits per heavy atom. The first-order valence-corrected chi connectivity index (χ1v) is 5.75. The quantitative estimate of drug-likeness (QED) is 0.780. The maximum absolute atomic E-state index is 5.28. The molecule has 3 nitrogen and oxygen atoms in total. The van der Waals surface area contributed by atoms with Crippen molar-refractivity contribution in [1.29, 1.82) is 0 Å². The van der Waals surface area contributed by atoms with E-state index in [4.69, 9.17) is 12.2 Å². The van der Waals surface area contributed by atoms with Crippen molar-refractivity contribution in [1.82, 2.24) is 14.8 Å². The van der Waals surface area contributed by atoms with Crippen molar-refractivity contribution in [2.75, 3.05) is 0 Å². The summed E-state index contributed by atoms with van der Waals surface area (Å²) in [7, 11) is 0. The Balaban J connectivity index is 2.39. The third-order valence-corrected chi connectivity index (χ3v) is 3.46. The summed E-state index contributed by atoms with van der Waals surface area (Å²) in [6.07, 6.45) is 5.92. The van der Waals surface area contributed by atoms with Gasteiger partial charge >= 0.3 is 0 Å². The zero-order valence-corrected chi connectivity index (χ0v) is 9.65. The van der Waals surface area contributed by atoms with Crippen LogP contribution in [0.25, 0.3) is 0 Å². The average Bonchev–Trinajstić information content (AvgIpc) is 2.45. The first kappa shape index (κ1) is 9.90. The van der Waals surface area contributed by atoms with E-state index < -0.39 is 0 Å². The molecular weight excluding hydrogens is 194 g/mol. The lowest BCUT2D eigenvalue weighted by Crippen LogP contribution is -2.38. The van der Waals surface area contributed by atoms with E-state index in [1.807, 2.05) is 0 Å². The van der Waals surface area contributed by atoms with Gasteiger partial charge in [-0.3, -0.25) is 9.67 Å². The highest BCUT2D eigenvalue weighted by Gasteiger charge is 2.35. The molecule has 0 saturated heterocycles. The van der Waals surface area contributed by atoms with Crippen LogP contribution in [0.15, 0.2) is 0 Å². The summed E-state index contributed by atoms with van der Waals surface area (Å²) >= 11 is 5.28. The van der Waals surface area contributed by atoms with Crippen LogP contribution < -0.4 is 0 Å². The number of hydrogen-bond acceptors (Lipinski definition) is 2. The number of rotatable bonds is 3. The Bertz CT molecular complexity index is 373. The van der Waals surface area contributed by atoms with Crippen LogP contribution in [0.5, 0.6) is 0 Å². The van der Waals surface area contributed by atoms with Crippen molar-refractivity contribution in [2.24, 2.45) is 0 Å². The number of nitrogens with zero attached hydrogens (tertiary/aromatic N) is 2. The number of H-pyrrole nitrogens is 1. The third-order valence-electron chi connectivity index (χ3n) is 3.19. The van der Waals surface area contributed by atoms with Gasteiger partial charge in [0.1, 0.15) is 5.82 Å². The van der Waals surface area contributed by atoms with Crippen molar-refractivity contribution >= 4 is 12.2 Å². The summed E-state index contributed by atoms with van der Waals surface area (Å²) in [5.74, 6) is 1.12. The molecule has 0 atom stereocenters. The van der Waals surface area contributed by atoms with Crippen molar-refractivity contribution in [3.63, 3.8) is 0 Å². The van der Waals surface area contributed by atoms with Gasteiger partial charge in [0, 0.05) is 12.0 Å². The van der Waals surface area contributed by atoms with Crippen LogP contribution in [-0.2, 0) is 12.0 Å². The molecule has 1 fully saturated rings. The number of hydrogen-bond donors (Lipinski definition) is 1. The molecule has 0 aromatic carbocycles. The van der Waals surface area contributed by atoms with Gasteiger partial charge in [-0.25, -0.2) is 0 Å². The first-order valence-electron chi connectivity index (χ1n) is 5.34. The fourth-order valence-electron chi connectivity index (χ4n) is 2.19. The topological polar surface area (TPSA) is 33.6 Å². The van der Waals surface area contributed by atoms with Crippen LogP contribution in [0.4, 0.5) is 0 Å². The van der Waals surface area contributed by atoms with E-state index in [0.29, 0.717) is 0 Å². The second-order valence-electron chi connectivity index (χ2n) is 4.38. The minimum Gasteiger partial charge on any atom is -0.298 e. The van der Waals surface area contributed by atoms with E-state index in [0.717, 1.165) is 23.4 Å². The molecule has 0 radical (unpaired) electrons. The van der Waals surface area contributed by atoms with Gasteiger partial charge in [0.25, 0.3) is 0 Å². The monoisotopic (exact) mass is 211 g/mol. The highest BCUT2D eigenvalue weighted by Crippen LogP contribution is 2.39. The second-order valence-corrected chi connectivity index (χ2v) is 4.77. The lowest BCUT2D eigenvalue weighted by Gasteiger charge is -2.40. The lowest BCUT2D eigenvalue weighted by molar-refractivity contribution is 0.161. The van der Waals surface area contributed by atoms with Gasteiger partial charge in [-0.2, -0.15) is 5.10 Å². The fraction of sp³-hybridized carbons (Fsp3) is 0.800. The van der Waals surface area contributed by atoms with Crippen LogP contribution in [0.1, 0.15) is 45.4 Å². The predicted molar refractivity (Wildman–Crippen MR) is 58.9 cm³/mol. The number of nitrogens with one attached hydrogen (secondary N) is 1. The molecule has 1 heterocycles. The van der Waals surface area contributed by atoms with Crippen molar-refractivity contribution in [3.8, 4) is 0 Å². The summed E-state index contributed by atoms with van der Waals surface area (Å²) in [5, 5.41) is 7.21. The molecule has 4 heteroatoms. The Morgan fingerprint density at radius 3 is 2.79 bits per heavy atom. The predicted octanol–water partition coefficient (Wildman–Crippen LogP) is 2.79. The summed E-state index contributed by atoms with van der Waals surface area (Å²) in [6.45, 7) is 4.45. The third kappa shape index (κ3) is 1.41. The molecule has 0 bridgehead atoms. The molecule has 1 aromatic rings. The van der Waals surface area contributed by atoms with Gasteiger partial charge in [-0.15, -0.1) is 0 Å². The number of aryl methyl sites for hydroxylation is 1. The Hall–Kier alpha value is -0.640. The highest BCUT2D eigenvalue weighted by molar-refractivity contribution is 7.71. The van der Waals surface area contributed by atoms with Crippen molar-refractivity contribution in [2.45, 2.75) is 51.5 Å². The van der Waals surface area contributed by atoms with Crippen LogP contribution in [0.3, 0.4) is 0 Å². The molecule has 1 N–H and O–H groups in total. The fourth-order valence-corrected chi connectivity index (χ4v) is 2.56. The zero-order valence-electron chi connectivity index (χ0n) is 8.84. The van der Waals surface area contributed by atoms with Crippen molar-refractivity contribution in [3.05, 3.63) is 10.6 Å². The van der Waals surface area contributed by atoms with Gasteiger partial charge in [-0.05, 0) is 44.8 Å². The van der Waals surface area contributed by atoms with Gasteiger partial charge in [-0.1, -0.05) is 6.92 Å². The summed E-state index contributed by atoms with van der Waals surface area (Å²) in [6, 6.07) is 0. The molecule has 0 aliphatic heterocycles. The van der Waals surface area contributed by atoms with E-state index >= 15 is 0 Å². The summed E-state index contributed by atoms with van der Waals surface area (Å²) in [5.41, 5.74) is 0.245. The number of aromatic nitrogens is 3. The smallest absolute Gasteiger partial charge is 0.195 e. The van der Waals surface area contributed by atoms with E-state index in [1.165, 1.54) is 19.3 Å². The average molecular weight is 211 g/mol. The molecule has 0 spiro atoms. The molecule has 2 rings (SSSR count). The standard InChI is InChI=1S/C10H17N3S/c1-3-5-8-11-12-9(14)13(8)10(2)6-4-7-10/h3-7H2,1-2H3,(H,12,14). The maximum atomic E-state index is 5.28. The maximum Gasteiger partial charge on any atom is 0.195 e. The Kier molecular flexibility index (Phi) is 2.47. The highest BCUT2D eigenvalue weighted by atomic mass is 32.1. The molecule has 1 aromatic heterocycles. The second kappa shape index (κ2) is 3.50. The van der Waals surface area contributed by atoms with E-state index in [1.54, 1.807) is 0 Å². The molecule has 1 aliphatic carbocycles. The molecule has 78 valence electrons. The zero-order chi connectivity index (χ0) is 10.2. The Morgan fingerprint density at radius 1 is 1.57 bits per heavy atom. The van der Waals surface area contributed by atoms with Crippen LogP contribution in [0.2, 0.25) is 0 Å². The van der Waals surface area contributed by atoms with Crippen LogP contribution in [0, 0.1) is 4.77 Å². The Labute approximate surface area is 89.5 Å². The lowest BCUT2D eigenvalue weighted by atomic mass is 9.78. The van der Waals surface area contributed by atoms with Crippen LogP contribution in [-0.4, -0.2) is 14.8 Å². The minimum atomic E-state index is 0.245. The normalized spacial score (nSPS) is 19.3. The first-order chi connectivity index (χ1) is 6.67. The molecule has 1 saturated carbocycles. The summed E-state index contributed by atoms with van der Waals surface area (Å²) < 4.78 is 3.02. The van der Waals surface area contributed by atoms with Crippen molar-refractivity contribution < 1.29 is 0 Å². The molecular formula is C10H17N3S. The van der Waals surface area contributed by atoms with Gasteiger partial charge in [0.2, 0.25) is 0 Å². The SMILES string of the molecule is CCCc1n[nH]c(=S)n1C1(C)CCC1. The van der Waals surface area contributed by atoms with Crippen LogP contribution >= 0.6 is 12.2 Å². The largest absolute Gasteiger partial charge is 0.298 e. The molecule has 1 aliphatic rings. The van der Waals surface area contributed by atoms with E-state index in [9.17, 15) is 0 Å². The van der Waals surface area contributed by atoms with E-state index in [-0.39, 0.29) is 5.54 Å². The molecule has 0 amide bonds. The number of aromatic amines is 1. The molecule has 14 heavy (non-hydrogen) atoms. The van der Waals surface area contributed by atoms with Gasteiger partial charge < -0.3 is 0 Å². The molecule has 0 unspecified atom stereocenters. The van der Waals surface area contributed by atoms with Gasteiger partial charge in [0.05, 0.1) is 0 Å². The minimum absolute atomic E-state index is 0.245.